The third kappa shape index (κ3) is 3.73. The minimum absolute atomic E-state index is 0.0759. The van der Waals surface area contributed by atoms with Gasteiger partial charge in [0.2, 0.25) is 0 Å². The fourth-order valence-corrected chi connectivity index (χ4v) is 2.08. The number of nitrogens with zero attached hydrogens (tertiary/aromatic N) is 1. The van der Waals surface area contributed by atoms with Gasteiger partial charge < -0.3 is 0 Å². The van der Waals surface area contributed by atoms with E-state index in [4.69, 9.17) is 11.6 Å². The number of rotatable bonds is 4. The summed E-state index contributed by atoms with van der Waals surface area (Å²) in [5, 5.41) is 1.97. The van der Waals surface area contributed by atoms with Gasteiger partial charge in [0.05, 0.1) is 11.3 Å². The topological polar surface area (TPSA) is 32.3 Å². The summed E-state index contributed by atoms with van der Waals surface area (Å²) in [5.41, 5.74) is 4.57. The molecule has 3 nitrogen and oxygen atoms in total. The largest absolute Gasteiger partial charge is 0.286 e. The molecule has 0 aromatic heterocycles. The Morgan fingerprint density at radius 1 is 1.24 bits per heavy atom. The molecule has 0 saturated heterocycles. The van der Waals surface area contributed by atoms with Crippen molar-refractivity contribution in [3.63, 3.8) is 0 Å². The summed E-state index contributed by atoms with van der Waals surface area (Å²) >= 11 is 5.81. The Balaban J connectivity index is 2.20. The van der Waals surface area contributed by atoms with Crippen LogP contribution in [-0.4, -0.2) is 12.5 Å². The van der Waals surface area contributed by atoms with Crippen LogP contribution in [0.2, 0.25) is 5.02 Å². The van der Waals surface area contributed by atoms with Gasteiger partial charge in [-0.15, -0.1) is 0 Å². The highest BCUT2D eigenvalue weighted by Crippen LogP contribution is 2.17. The standard InChI is InChI=1S/C16H16ClFN2O/c1-3-20(13-7-4-11(2)5-8-13)19-16(21)14-10-12(17)6-9-15(14)18/h4-10H,3H2,1-2H3,(H,19,21). The van der Waals surface area contributed by atoms with Crippen molar-refractivity contribution < 1.29 is 9.18 Å². The van der Waals surface area contributed by atoms with Crippen LogP contribution in [0.1, 0.15) is 22.8 Å². The summed E-state index contributed by atoms with van der Waals surface area (Å²) < 4.78 is 13.7. The SMILES string of the molecule is CCN(NC(=O)c1cc(Cl)ccc1F)c1ccc(C)cc1. The van der Waals surface area contributed by atoms with E-state index in [2.05, 4.69) is 5.43 Å². The zero-order valence-corrected chi connectivity index (χ0v) is 12.6. The third-order valence-electron chi connectivity index (χ3n) is 3.07. The van der Waals surface area contributed by atoms with Crippen molar-refractivity contribution in [2.24, 2.45) is 0 Å². The average Bonchev–Trinajstić information content (AvgIpc) is 2.48. The summed E-state index contributed by atoms with van der Waals surface area (Å²) in [5.74, 6) is -1.13. The molecule has 0 aliphatic rings. The van der Waals surface area contributed by atoms with Crippen LogP contribution in [0.25, 0.3) is 0 Å². The quantitative estimate of drug-likeness (QED) is 0.867. The number of hydrogen-bond donors (Lipinski definition) is 1. The Kier molecular flexibility index (Phi) is 4.81. The maximum Gasteiger partial charge on any atom is 0.272 e. The van der Waals surface area contributed by atoms with Crippen molar-refractivity contribution in [3.8, 4) is 0 Å². The molecule has 0 spiro atoms. The molecule has 1 N–H and O–H groups in total. The van der Waals surface area contributed by atoms with Gasteiger partial charge in [0.15, 0.2) is 0 Å². The molecule has 21 heavy (non-hydrogen) atoms. The Morgan fingerprint density at radius 2 is 1.90 bits per heavy atom. The van der Waals surface area contributed by atoms with Crippen LogP contribution in [0, 0.1) is 12.7 Å². The molecule has 5 heteroatoms. The second kappa shape index (κ2) is 6.59. The van der Waals surface area contributed by atoms with E-state index in [1.54, 1.807) is 5.01 Å². The van der Waals surface area contributed by atoms with Crippen molar-refractivity contribution in [2.75, 3.05) is 11.6 Å². The molecule has 0 saturated carbocycles. The van der Waals surface area contributed by atoms with Gasteiger partial charge in [-0.2, -0.15) is 0 Å². The third-order valence-corrected chi connectivity index (χ3v) is 3.31. The Labute approximate surface area is 128 Å². The zero-order chi connectivity index (χ0) is 15.4. The summed E-state index contributed by atoms with van der Waals surface area (Å²) in [6.45, 7) is 4.44. The van der Waals surface area contributed by atoms with E-state index >= 15 is 0 Å². The van der Waals surface area contributed by atoms with Crippen molar-refractivity contribution in [2.45, 2.75) is 13.8 Å². The van der Waals surface area contributed by atoms with Crippen molar-refractivity contribution in [3.05, 3.63) is 64.4 Å². The minimum Gasteiger partial charge on any atom is -0.286 e. The lowest BCUT2D eigenvalue weighted by Gasteiger charge is -2.24. The van der Waals surface area contributed by atoms with E-state index in [0.29, 0.717) is 11.6 Å². The number of halogens is 2. The predicted octanol–water partition coefficient (Wildman–Crippen LogP) is 3.96. The van der Waals surface area contributed by atoms with E-state index in [0.717, 1.165) is 11.3 Å². The number of carbonyl (C=O) groups is 1. The van der Waals surface area contributed by atoms with Gasteiger partial charge >= 0.3 is 0 Å². The lowest BCUT2D eigenvalue weighted by molar-refractivity contribution is 0.0945. The molecule has 0 unspecified atom stereocenters. The second-order valence-corrected chi connectivity index (χ2v) is 5.08. The van der Waals surface area contributed by atoms with Crippen molar-refractivity contribution >= 4 is 23.2 Å². The molecule has 0 aliphatic carbocycles. The molecule has 1 amide bonds. The summed E-state index contributed by atoms with van der Waals surface area (Å²) in [6.07, 6.45) is 0. The van der Waals surface area contributed by atoms with Crippen LogP contribution >= 0.6 is 11.6 Å². The first kappa shape index (κ1) is 15.3. The Morgan fingerprint density at radius 3 is 2.52 bits per heavy atom. The van der Waals surface area contributed by atoms with E-state index in [1.807, 2.05) is 38.1 Å². The molecule has 2 aromatic carbocycles. The Hall–Kier alpha value is -2.07. The molecule has 0 atom stereocenters. The van der Waals surface area contributed by atoms with Crippen LogP contribution in [0.5, 0.6) is 0 Å². The van der Waals surface area contributed by atoms with Crippen LogP contribution in [-0.2, 0) is 0 Å². The van der Waals surface area contributed by atoms with Gasteiger partial charge in [-0.1, -0.05) is 29.3 Å². The Bertz CT molecular complexity index is 643. The summed E-state index contributed by atoms with van der Waals surface area (Å²) in [6, 6.07) is 11.6. The maximum absolute atomic E-state index is 13.7. The molecule has 110 valence electrons. The van der Waals surface area contributed by atoms with Crippen LogP contribution in [0.3, 0.4) is 0 Å². The predicted molar refractivity (Wildman–Crippen MR) is 83.1 cm³/mol. The monoisotopic (exact) mass is 306 g/mol. The lowest BCUT2D eigenvalue weighted by Crippen LogP contribution is -2.42. The molecular formula is C16H16ClFN2O. The van der Waals surface area contributed by atoms with Crippen LogP contribution in [0.4, 0.5) is 10.1 Å². The fraction of sp³-hybridized carbons (Fsp3) is 0.188. The highest BCUT2D eigenvalue weighted by Gasteiger charge is 2.15. The number of benzene rings is 2. The normalized spacial score (nSPS) is 10.3. The number of carbonyl (C=O) groups excluding carboxylic acids is 1. The van der Waals surface area contributed by atoms with E-state index in [1.165, 1.54) is 18.2 Å². The first-order valence-electron chi connectivity index (χ1n) is 6.61. The van der Waals surface area contributed by atoms with Gasteiger partial charge in [0.1, 0.15) is 5.82 Å². The molecule has 2 aromatic rings. The van der Waals surface area contributed by atoms with E-state index in [-0.39, 0.29) is 5.56 Å². The summed E-state index contributed by atoms with van der Waals surface area (Å²) in [7, 11) is 0. The molecular weight excluding hydrogens is 291 g/mol. The summed E-state index contributed by atoms with van der Waals surface area (Å²) in [4.78, 5) is 12.2. The van der Waals surface area contributed by atoms with Gasteiger partial charge in [0.25, 0.3) is 5.91 Å². The van der Waals surface area contributed by atoms with Gasteiger partial charge in [-0.3, -0.25) is 15.2 Å². The molecule has 0 heterocycles. The average molecular weight is 307 g/mol. The van der Waals surface area contributed by atoms with E-state index in [9.17, 15) is 9.18 Å². The fourth-order valence-electron chi connectivity index (χ4n) is 1.91. The number of nitrogens with one attached hydrogen (secondary N) is 1. The smallest absolute Gasteiger partial charge is 0.272 e. The highest BCUT2D eigenvalue weighted by molar-refractivity contribution is 6.31. The molecule has 2 rings (SSSR count). The van der Waals surface area contributed by atoms with Crippen molar-refractivity contribution in [1.82, 2.24) is 5.43 Å². The number of hydrogen-bond acceptors (Lipinski definition) is 2. The molecule has 0 aliphatic heterocycles. The van der Waals surface area contributed by atoms with Gasteiger partial charge in [0, 0.05) is 11.6 Å². The van der Waals surface area contributed by atoms with Gasteiger partial charge in [-0.05, 0) is 44.2 Å². The zero-order valence-electron chi connectivity index (χ0n) is 11.9. The molecule has 0 bridgehead atoms. The minimum atomic E-state index is -0.600. The lowest BCUT2D eigenvalue weighted by atomic mass is 10.2. The van der Waals surface area contributed by atoms with Crippen LogP contribution < -0.4 is 10.4 Å². The molecule has 0 radical (unpaired) electrons. The maximum atomic E-state index is 13.7. The number of amides is 1. The first-order chi connectivity index (χ1) is 10.0. The van der Waals surface area contributed by atoms with Crippen LogP contribution in [0.15, 0.2) is 42.5 Å². The van der Waals surface area contributed by atoms with Crippen molar-refractivity contribution in [1.29, 1.82) is 0 Å². The molecule has 0 fully saturated rings. The highest BCUT2D eigenvalue weighted by atomic mass is 35.5. The van der Waals surface area contributed by atoms with Gasteiger partial charge in [-0.25, -0.2) is 4.39 Å². The van der Waals surface area contributed by atoms with E-state index < -0.39 is 11.7 Å². The number of aryl methyl sites for hydroxylation is 1. The first-order valence-corrected chi connectivity index (χ1v) is 6.99. The number of anilines is 1. The second-order valence-electron chi connectivity index (χ2n) is 4.64. The number of hydrazine groups is 1.